The van der Waals surface area contributed by atoms with Crippen molar-refractivity contribution in [1.82, 2.24) is 4.98 Å². The van der Waals surface area contributed by atoms with E-state index in [1.165, 1.54) is 0 Å². The zero-order valence-corrected chi connectivity index (χ0v) is 10.5. The van der Waals surface area contributed by atoms with Gasteiger partial charge in [-0.1, -0.05) is 11.6 Å². The Bertz CT molecular complexity index is 502. The van der Waals surface area contributed by atoms with Crippen molar-refractivity contribution in [3.8, 4) is 11.5 Å². The molecule has 1 aromatic heterocycles. The summed E-state index contributed by atoms with van der Waals surface area (Å²) in [4.78, 5) is 3.93. The van der Waals surface area contributed by atoms with Gasteiger partial charge in [0.15, 0.2) is 0 Å². The SMILES string of the molecule is Nc1ccc(Oc2ccc(Cl)cc2Br)cn1. The summed E-state index contributed by atoms with van der Waals surface area (Å²) in [5.41, 5.74) is 5.48. The highest BCUT2D eigenvalue weighted by atomic mass is 79.9. The van der Waals surface area contributed by atoms with Gasteiger partial charge in [0.1, 0.15) is 17.3 Å². The van der Waals surface area contributed by atoms with Gasteiger partial charge in [-0.2, -0.15) is 0 Å². The van der Waals surface area contributed by atoms with Crippen molar-refractivity contribution < 1.29 is 4.74 Å². The molecule has 0 aliphatic rings. The highest BCUT2D eigenvalue weighted by molar-refractivity contribution is 9.10. The molecule has 0 unspecified atom stereocenters. The lowest BCUT2D eigenvalue weighted by molar-refractivity contribution is 0.477. The predicted octanol–water partition coefficient (Wildman–Crippen LogP) is 3.87. The van der Waals surface area contributed by atoms with Crippen molar-refractivity contribution in [3.63, 3.8) is 0 Å². The Kier molecular flexibility index (Phi) is 3.31. The molecule has 2 N–H and O–H groups in total. The summed E-state index contributed by atoms with van der Waals surface area (Å²) in [6.45, 7) is 0. The Morgan fingerprint density at radius 1 is 1.25 bits per heavy atom. The van der Waals surface area contributed by atoms with Crippen LogP contribution in [-0.4, -0.2) is 4.98 Å². The molecule has 0 saturated heterocycles. The molecule has 3 nitrogen and oxygen atoms in total. The van der Waals surface area contributed by atoms with Crippen molar-refractivity contribution >= 4 is 33.3 Å². The van der Waals surface area contributed by atoms with E-state index in [9.17, 15) is 0 Å². The molecule has 0 saturated carbocycles. The molecule has 2 aromatic rings. The Morgan fingerprint density at radius 3 is 2.69 bits per heavy atom. The third kappa shape index (κ3) is 2.65. The third-order valence-corrected chi connectivity index (χ3v) is 2.74. The van der Waals surface area contributed by atoms with Gasteiger partial charge in [-0.3, -0.25) is 0 Å². The fraction of sp³-hybridized carbons (Fsp3) is 0. The monoisotopic (exact) mass is 298 g/mol. The summed E-state index contributed by atoms with van der Waals surface area (Å²) < 4.78 is 6.38. The van der Waals surface area contributed by atoms with E-state index in [4.69, 9.17) is 22.1 Å². The van der Waals surface area contributed by atoms with E-state index in [0.29, 0.717) is 22.3 Å². The van der Waals surface area contributed by atoms with Gasteiger partial charge in [-0.05, 0) is 46.3 Å². The van der Waals surface area contributed by atoms with E-state index in [2.05, 4.69) is 20.9 Å². The van der Waals surface area contributed by atoms with Crippen LogP contribution < -0.4 is 10.5 Å². The fourth-order valence-electron chi connectivity index (χ4n) is 1.14. The number of aromatic nitrogens is 1. The molecule has 0 amide bonds. The van der Waals surface area contributed by atoms with Gasteiger partial charge < -0.3 is 10.5 Å². The molecule has 0 aliphatic heterocycles. The van der Waals surface area contributed by atoms with E-state index < -0.39 is 0 Å². The molecule has 0 radical (unpaired) electrons. The summed E-state index contributed by atoms with van der Waals surface area (Å²) in [7, 11) is 0. The lowest BCUT2D eigenvalue weighted by Gasteiger charge is -2.07. The molecule has 0 fully saturated rings. The van der Waals surface area contributed by atoms with Gasteiger partial charge in [-0.15, -0.1) is 0 Å². The van der Waals surface area contributed by atoms with Crippen LogP contribution in [0.15, 0.2) is 41.0 Å². The van der Waals surface area contributed by atoms with Crippen molar-refractivity contribution in [2.45, 2.75) is 0 Å². The molecule has 0 spiro atoms. The van der Waals surface area contributed by atoms with Gasteiger partial charge in [0.05, 0.1) is 10.7 Å². The molecule has 0 atom stereocenters. The Labute approximate surface area is 106 Å². The average molecular weight is 300 g/mol. The topological polar surface area (TPSA) is 48.1 Å². The number of nitrogens with two attached hydrogens (primary N) is 1. The highest BCUT2D eigenvalue weighted by Gasteiger charge is 2.03. The number of anilines is 1. The zero-order valence-electron chi connectivity index (χ0n) is 8.15. The molecular weight excluding hydrogens is 291 g/mol. The first-order valence-electron chi connectivity index (χ1n) is 4.49. The maximum Gasteiger partial charge on any atom is 0.145 e. The lowest BCUT2D eigenvalue weighted by atomic mass is 10.3. The quantitative estimate of drug-likeness (QED) is 0.915. The summed E-state index contributed by atoms with van der Waals surface area (Å²) in [5.74, 6) is 1.76. The maximum absolute atomic E-state index is 5.83. The normalized spacial score (nSPS) is 10.1. The van der Waals surface area contributed by atoms with Crippen LogP contribution in [0.25, 0.3) is 0 Å². The molecule has 5 heteroatoms. The third-order valence-electron chi connectivity index (χ3n) is 1.88. The van der Waals surface area contributed by atoms with E-state index in [1.807, 2.05) is 0 Å². The standard InChI is InChI=1S/C11H8BrClN2O/c12-9-5-7(13)1-3-10(9)16-8-2-4-11(14)15-6-8/h1-6H,(H2,14,15). The summed E-state index contributed by atoms with van der Waals surface area (Å²) in [6.07, 6.45) is 1.57. The van der Waals surface area contributed by atoms with Crippen LogP contribution in [-0.2, 0) is 0 Å². The number of hydrogen-bond donors (Lipinski definition) is 1. The van der Waals surface area contributed by atoms with Gasteiger partial charge in [-0.25, -0.2) is 4.98 Å². The van der Waals surface area contributed by atoms with E-state index in [1.54, 1.807) is 36.5 Å². The number of pyridine rings is 1. The van der Waals surface area contributed by atoms with Gasteiger partial charge >= 0.3 is 0 Å². The van der Waals surface area contributed by atoms with Crippen molar-refractivity contribution in [2.24, 2.45) is 0 Å². The van der Waals surface area contributed by atoms with E-state index in [0.717, 1.165) is 4.47 Å². The molecule has 0 aliphatic carbocycles. The van der Waals surface area contributed by atoms with Crippen LogP contribution in [0.5, 0.6) is 11.5 Å². The fourth-order valence-corrected chi connectivity index (χ4v) is 1.90. The van der Waals surface area contributed by atoms with Crippen LogP contribution in [0.2, 0.25) is 5.02 Å². The molecular formula is C11H8BrClN2O. The Balaban J connectivity index is 2.23. The lowest BCUT2D eigenvalue weighted by Crippen LogP contribution is -1.90. The second-order valence-electron chi connectivity index (χ2n) is 3.10. The minimum absolute atomic E-state index is 0.461. The largest absolute Gasteiger partial charge is 0.455 e. The number of rotatable bonds is 2. The summed E-state index contributed by atoms with van der Waals surface area (Å²) >= 11 is 9.19. The Morgan fingerprint density at radius 2 is 2.06 bits per heavy atom. The minimum atomic E-state index is 0.461. The number of hydrogen-bond acceptors (Lipinski definition) is 3. The average Bonchev–Trinajstić information content (AvgIpc) is 2.25. The first-order chi connectivity index (χ1) is 7.65. The van der Waals surface area contributed by atoms with Crippen LogP contribution in [0.3, 0.4) is 0 Å². The summed E-state index contributed by atoms with van der Waals surface area (Å²) in [5, 5.41) is 0.648. The van der Waals surface area contributed by atoms with Crippen molar-refractivity contribution in [1.29, 1.82) is 0 Å². The van der Waals surface area contributed by atoms with Crippen LogP contribution in [0, 0.1) is 0 Å². The maximum atomic E-state index is 5.83. The molecule has 82 valence electrons. The first-order valence-corrected chi connectivity index (χ1v) is 5.67. The molecule has 16 heavy (non-hydrogen) atoms. The van der Waals surface area contributed by atoms with Crippen molar-refractivity contribution in [2.75, 3.05) is 5.73 Å². The second kappa shape index (κ2) is 4.72. The van der Waals surface area contributed by atoms with Gasteiger partial charge in [0.2, 0.25) is 0 Å². The zero-order chi connectivity index (χ0) is 11.5. The number of nitrogens with zero attached hydrogens (tertiary/aromatic N) is 1. The number of benzene rings is 1. The number of halogens is 2. The molecule has 2 rings (SSSR count). The molecule has 1 heterocycles. The molecule has 0 bridgehead atoms. The van der Waals surface area contributed by atoms with Crippen LogP contribution >= 0.6 is 27.5 Å². The number of nitrogen functional groups attached to an aromatic ring is 1. The van der Waals surface area contributed by atoms with Crippen molar-refractivity contribution in [3.05, 3.63) is 46.0 Å². The number of ether oxygens (including phenoxy) is 1. The van der Waals surface area contributed by atoms with E-state index in [-0.39, 0.29) is 0 Å². The summed E-state index contributed by atoms with van der Waals surface area (Å²) in [6, 6.07) is 8.74. The van der Waals surface area contributed by atoms with Crippen LogP contribution in [0.1, 0.15) is 0 Å². The van der Waals surface area contributed by atoms with Crippen LogP contribution in [0.4, 0.5) is 5.82 Å². The Hall–Kier alpha value is -1.26. The van der Waals surface area contributed by atoms with Gasteiger partial charge in [0, 0.05) is 5.02 Å². The predicted molar refractivity (Wildman–Crippen MR) is 67.9 cm³/mol. The van der Waals surface area contributed by atoms with Gasteiger partial charge in [0.25, 0.3) is 0 Å². The van der Waals surface area contributed by atoms with E-state index >= 15 is 0 Å². The minimum Gasteiger partial charge on any atom is -0.455 e. The molecule has 1 aromatic carbocycles. The second-order valence-corrected chi connectivity index (χ2v) is 4.39. The first kappa shape index (κ1) is 11.2. The smallest absolute Gasteiger partial charge is 0.145 e. The highest BCUT2D eigenvalue weighted by Crippen LogP contribution is 2.31.